The first-order valence-electron chi connectivity index (χ1n) is 6.53. The van der Waals surface area contributed by atoms with Gasteiger partial charge < -0.3 is 10.4 Å². The topological polar surface area (TPSA) is 62.2 Å². The Labute approximate surface area is 151 Å². The van der Waals surface area contributed by atoms with E-state index in [0.29, 0.717) is 25.8 Å². The first-order chi connectivity index (χ1) is 11.0. The first kappa shape index (κ1) is 16.1. The fourth-order valence-corrected chi connectivity index (χ4v) is 2.99. The monoisotopic (exact) mass is 408 g/mol. The molecular weight excluding hydrogens is 400 g/mol. The van der Waals surface area contributed by atoms with Gasteiger partial charge in [0.15, 0.2) is 0 Å². The van der Waals surface area contributed by atoms with Crippen LogP contribution in [0.4, 0.5) is 11.4 Å². The zero-order valence-electron chi connectivity index (χ0n) is 11.5. The Morgan fingerprint density at radius 3 is 2.78 bits per heavy atom. The number of anilines is 2. The lowest BCUT2D eigenvalue weighted by atomic mass is 10.1. The van der Waals surface area contributed by atoms with Gasteiger partial charge in [-0.15, -0.1) is 12.6 Å². The molecule has 3 rings (SSSR count). The van der Waals surface area contributed by atoms with Gasteiger partial charge in [-0.3, -0.25) is 4.98 Å². The summed E-state index contributed by atoms with van der Waals surface area (Å²) in [6.45, 7) is 0. The summed E-state index contributed by atoms with van der Waals surface area (Å²) in [5, 5.41) is 13.9. The predicted octanol–water partition coefficient (Wildman–Crippen LogP) is 5.38. The SMILES string of the molecule is O=C(O)c1cc(Br)ccc1Nc1c(S)cnc2ccc(Cl)cc12. The Balaban J connectivity index is 2.17. The fraction of sp³-hybridized carbons (Fsp3) is 0. The standard InChI is InChI=1S/C16H10BrClN2O2S/c17-8-1-3-13(11(5-8)16(21)22)20-15-10-6-9(18)2-4-12(10)19-7-14(15)23/h1-7,23H,(H,19,20)(H,21,22). The maximum atomic E-state index is 11.5. The highest BCUT2D eigenvalue weighted by Gasteiger charge is 2.14. The van der Waals surface area contributed by atoms with Crippen LogP contribution >= 0.6 is 40.2 Å². The normalized spacial score (nSPS) is 10.7. The van der Waals surface area contributed by atoms with E-state index in [1.807, 2.05) is 0 Å². The zero-order chi connectivity index (χ0) is 16.6. The lowest BCUT2D eigenvalue weighted by Crippen LogP contribution is -2.03. The van der Waals surface area contributed by atoms with E-state index in [-0.39, 0.29) is 5.56 Å². The summed E-state index contributed by atoms with van der Waals surface area (Å²) in [7, 11) is 0. The van der Waals surface area contributed by atoms with Crippen LogP contribution in [0.2, 0.25) is 5.02 Å². The lowest BCUT2D eigenvalue weighted by Gasteiger charge is -2.14. The Morgan fingerprint density at radius 1 is 1.26 bits per heavy atom. The van der Waals surface area contributed by atoms with Crippen LogP contribution in [0.15, 0.2) is 52.0 Å². The van der Waals surface area contributed by atoms with E-state index in [1.165, 1.54) is 0 Å². The summed E-state index contributed by atoms with van der Waals surface area (Å²) in [4.78, 5) is 16.3. The van der Waals surface area contributed by atoms with Crippen LogP contribution in [0.3, 0.4) is 0 Å². The maximum Gasteiger partial charge on any atom is 0.337 e. The molecule has 0 unspecified atom stereocenters. The van der Waals surface area contributed by atoms with Gasteiger partial charge in [-0.05, 0) is 36.4 Å². The molecule has 2 N–H and O–H groups in total. The van der Waals surface area contributed by atoms with Crippen LogP contribution in [0.5, 0.6) is 0 Å². The van der Waals surface area contributed by atoms with Crippen LogP contribution in [0.1, 0.15) is 10.4 Å². The van der Waals surface area contributed by atoms with Gasteiger partial charge in [0, 0.05) is 26.0 Å². The number of fused-ring (bicyclic) bond motifs is 1. The van der Waals surface area contributed by atoms with Crippen molar-refractivity contribution >= 4 is 68.4 Å². The molecule has 0 fully saturated rings. The number of aromatic nitrogens is 1. The van der Waals surface area contributed by atoms with Crippen LogP contribution in [0.25, 0.3) is 10.9 Å². The van der Waals surface area contributed by atoms with Gasteiger partial charge >= 0.3 is 5.97 Å². The highest BCUT2D eigenvalue weighted by Crippen LogP contribution is 2.34. The number of halogens is 2. The van der Waals surface area contributed by atoms with Crippen LogP contribution in [-0.2, 0) is 0 Å². The lowest BCUT2D eigenvalue weighted by molar-refractivity contribution is 0.0698. The van der Waals surface area contributed by atoms with Crippen molar-refractivity contribution in [1.29, 1.82) is 0 Å². The van der Waals surface area contributed by atoms with Crippen molar-refractivity contribution in [2.75, 3.05) is 5.32 Å². The number of nitrogens with one attached hydrogen (secondary N) is 1. The summed E-state index contributed by atoms with van der Waals surface area (Å²) >= 11 is 13.8. The van der Waals surface area contributed by atoms with Crippen molar-refractivity contribution in [2.24, 2.45) is 0 Å². The number of benzene rings is 2. The van der Waals surface area contributed by atoms with Crippen molar-refractivity contribution in [3.63, 3.8) is 0 Å². The zero-order valence-corrected chi connectivity index (χ0v) is 14.8. The van der Waals surface area contributed by atoms with E-state index in [0.717, 1.165) is 10.9 Å². The molecule has 116 valence electrons. The van der Waals surface area contributed by atoms with Gasteiger partial charge in [-0.1, -0.05) is 27.5 Å². The van der Waals surface area contributed by atoms with E-state index in [1.54, 1.807) is 42.6 Å². The fourth-order valence-electron chi connectivity index (χ4n) is 2.22. The van der Waals surface area contributed by atoms with Crippen molar-refractivity contribution in [3.8, 4) is 0 Å². The van der Waals surface area contributed by atoms with Gasteiger partial charge in [-0.2, -0.15) is 0 Å². The molecule has 2 aromatic carbocycles. The minimum atomic E-state index is -1.02. The number of carbonyl (C=O) groups is 1. The molecular formula is C16H10BrClN2O2S. The quantitative estimate of drug-likeness (QED) is 0.508. The number of nitrogens with zero attached hydrogens (tertiary/aromatic N) is 1. The number of hydrogen-bond acceptors (Lipinski definition) is 4. The Kier molecular flexibility index (Phi) is 4.48. The van der Waals surface area contributed by atoms with E-state index in [9.17, 15) is 9.90 Å². The predicted molar refractivity (Wildman–Crippen MR) is 98.4 cm³/mol. The molecule has 3 aromatic rings. The third-order valence-electron chi connectivity index (χ3n) is 3.28. The van der Waals surface area contributed by atoms with E-state index >= 15 is 0 Å². The van der Waals surface area contributed by atoms with Crippen molar-refractivity contribution in [3.05, 3.63) is 57.7 Å². The minimum Gasteiger partial charge on any atom is -0.478 e. The molecule has 4 nitrogen and oxygen atoms in total. The third-order valence-corrected chi connectivity index (χ3v) is 4.35. The van der Waals surface area contributed by atoms with Crippen molar-refractivity contribution in [1.82, 2.24) is 4.98 Å². The molecule has 0 saturated carbocycles. The number of carboxylic acid groups (broad SMARTS) is 1. The minimum absolute atomic E-state index is 0.152. The van der Waals surface area contributed by atoms with Gasteiger partial charge in [0.05, 0.1) is 22.5 Å². The summed E-state index contributed by atoms with van der Waals surface area (Å²) in [6, 6.07) is 10.3. The molecule has 1 heterocycles. The van der Waals surface area contributed by atoms with Crippen LogP contribution < -0.4 is 5.32 Å². The highest BCUT2D eigenvalue weighted by molar-refractivity contribution is 9.10. The number of carboxylic acids is 1. The van der Waals surface area contributed by atoms with Crippen molar-refractivity contribution < 1.29 is 9.90 Å². The van der Waals surface area contributed by atoms with E-state index in [2.05, 4.69) is 38.9 Å². The number of thiol groups is 1. The molecule has 0 aliphatic carbocycles. The molecule has 0 radical (unpaired) electrons. The molecule has 0 aliphatic heterocycles. The molecule has 0 aliphatic rings. The summed E-state index contributed by atoms with van der Waals surface area (Å²) in [6.07, 6.45) is 1.61. The second kappa shape index (κ2) is 6.39. The molecule has 23 heavy (non-hydrogen) atoms. The largest absolute Gasteiger partial charge is 0.478 e. The van der Waals surface area contributed by atoms with E-state index < -0.39 is 5.97 Å². The van der Waals surface area contributed by atoms with Gasteiger partial charge in [-0.25, -0.2) is 4.79 Å². The van der Waals surface area contributed by atoms with Crippen LogP contribution in [-0.4, -0.2) is 16.1 Å². The third kappa shape index (κ3) is 3.29. The average Bonchev–Trinajstić information content (AvgIpc) is 2.51. The summed E-state index contributed by atoms with van der Waals surface area (Å²) in [5.74, 6) is -1.02. The average molecular weight is 410 g/mol. The molecule has 0 amide bonds. The smallest absolute Gasteiger partial charge is 0.337 e. The number of pyridine rings is 1. The molecule has 7 heteroatoms. The number of aromatic carboxylic acids is 1. The van der Waals surface area contributed by atoms with E-state index in [4.69, 9.17) is 11.6 Å². The Morgan fingerprint density at radius 2 is 2.04 bits per heavy atom. The van der Waals surface area contributed by atoms with Crippen molar-refractivity contribution in [2.45, 2.75) is 4.90 Å². The Bertz CT molecular complexity index is 928. The van der Waals surface area contributed by atoms with Gasteiger partial charge in [0.2, 0.25) is 0 Å². The van der Waals surface area contributed by atoms with Gasteiger partial charge in [0.25, 0.3) is 0 Å². The Hall–Kier alpha value is -1.76. The van der Waals surface area contributed by atoms with Gasteiger partial charge in [0.1, 0.15) is 0 Å². The second-order valence-corrected chi connectivity index (χ2v) is 6.63. The molecule has 0 saturated heterocycles. The molecule has 0 bridgehead atoms. The summed E-state index contributed by atoms with van der Waals surface area (Å²) < 4.78 is 0.689. The molecule has 0 atom stereocenters. The second-order valence-electron chi connectivity index (χ2n) is 4.80. The number of rotatable bonds is 3. The first-order valence-corrected chi connectivity index (χ1v) is 8.14. The summed E-state index contributed by atoms with van der Waals surface area (Å²) in [5.41, 5.74) is 2.01. The van der Waals surface area contributed by atoms with Crippen LogP contribution in [0, 0.1) is 0 Å². The maximum absolute atomic E-state index is 11.5. The molecule has 0 spiro atoms. The highest BCUT2D eigenvalue weighted by atomic mass is 79.9. The number of hydrogen-bond donors (Lipinski definition) is 3. The molecule has 1 aromatic heterocycles.